The lowest BCUT2D eigenvalue weighted by molar-refractivity contribution is 0.300. The van der Waals surface area contributed by atoms with Gasteiger partial charge in [0.25, 0.3) is 0 Å². The first-order valence-electron chi connectivity index (χ1n) is 8.40. The SMILES string of the molecule is CCCCCOc1c(/C=C/CO)cccc1C1CCCC1. The Kier molecular flexibility index (Phi) is 6.81. The smallest absolute Gasteiger partial charge is 0.129 e. The van der Waals surface area contributed by atoms with E-state index in [0.717, 1.165) is 24.3 Å². The summed E-state index contributed by atoms with van der Waals surface area (Å²) < 4.78 is 6.15. The highest BCUT2D eigenvalue weighted by atomic mass is 16.5. The summed E-state index contributed by atoms with van der Waals surface area (Å²) in [7, 11) is 0. The predicted octanol–water partition coefficient (Wildman–Crippen LogP) is 4.92. The zero-order valence-corrected chi connectivity index (χ0v) is 13.2. The van der Waals surface area contributed by atoms with E-state index in [1.54, 1.807) is 6.08 Å². The molecule has 0 aromatic heterocycles. The van der Waals surface area contributed by atoms with E-state index in [4.69, 9.17) is 9.84 Å². The van der Waals surface area contributed by atoms with Gasteiger partial charge >= 0.3 is 0 Å². The van der Waals surface area contributed by atoms with Crippen LogP contribution in [0.5, 0.6) is 5.75 Å². The molecule has 1 aliphatic carbocycles. The van der Waals surface area contributed by atoms with E-state index in [9.17, 15) is 0 Å². The zero-order valence-electron chi connectivity index (χ0n) is 13.2. The van der Waals surface area contributed by atoms with Gasteiger partial charge in [-0.25, -0.2) is 0 Å². The molecule has 1 aliphatic rings. The second kappa shape index (κ2) is 8.89. The van der Waals surface area contributed by atoms with Gasteiger partial charge in [0.05, 0.1) is 13.2 Å². The molecule has 2 rings (SSSR count). The van der Waals surface area contributed by atoms with Gasteiger partial charge in [0.2, 0.25) is 0 Å². The molecule has 0 heterocycles. The van der Waals surface area contributed by atoms with E-state index in [1.165, 1.54) is 44.1 Å². The number of aliphatic hydroxyl groups is 1. The lowest BCUT2D eigenvalue weighted by Gasteiger charge is -2.18. The van der Waals surface area contributed by atoms with Crippen LogP contribution < -0.4 is 4.74 Å². The second-order valence-electron chi connectivity index (χ2n) is 5.89. The molecule has 0 radical (unpaired) electrons. The molecule has 0 aliphatic heterocycles. The lowest BCUT2D eigenvalue weighted by Crippen LogP contribution is -2.04. The summed E-state index contributed by atoms with van der Waals surface area (Å²) in [6.07, 6.45) is 12.5. The Morgan fingerprint density at radius 3 is 2.76 bits per heavy atom. The molecule has 1 aromatic rings. The Hall–Kier alpha value is -1.28. The molecule has 1 aromatic carbocycles. The van der Waals surface area contributed by atoms with Crippen molar-refractivity contribution in [2.75, 3.05) is 13.2 Å². The molecule has 2 nitrogen and oxygen atoms in total. The average molecular weight is 288 g/mol. The van der Waals surface area contributed by atoms with Gasteiger partial charge in [-0.15, -0.1) is 0 Å². The highest BCUT2D eigenvalue weighted by molar-refractivity contribution is 5.60. The highest BCUT2D eigenvalue weighted by Crippen LogP contribution is 2.40. The Morgan fingerprint density at radius 2 is 2.05 bits per heavy atom. The van der Waals surface area contributed by atoms with Crippen LogP contribution in [-0.4, -0.2) is 18.3 Å². The van der Waals surface area contributed by atoms with Crippen molar-refractivity contribution in [1.29, 1.82) is 0 Å². The van der Waals surface area contributed by atoms with Crippen LogP contribution in [0, 0.1) is 0 Å². The lowest BCUT2D eigenvalue weighted by atomic mass is 9.94. The van der Waals surface area contributed by atoms with Gasteiger partial charge in [-0.05, 0) is 30.7 Å². The van der Waals surface area contributed by atoms with E-state index in [-0.39, 0.29) is 6.61 Å². The van der Waals surface area contributed by atoms with Gasteiger partial charge in [-0.2, -0.15) is 0 Å². The minimum atomic E-state index is 0.0724. The van der Waals surface area contributed by atoms with Crippen LogP contribution in [0.15, 0.2) is 24.3 Å². The van der Waals surface area contributed by atoms with E-state index in [1.807, 2.05) is 6.08 Å². The number of unbranched alkanes of at least 4 members (excludes halogenated alkanes) is 2. The average Bonchev–Trinajstić information content (AvgIpc) is 3.04. The van der Waals surface area contributed by atoms with Crippen LogP contribution in [0.25, 0.3) is 6.08 Å². The zero-order chi connectivity index (χ0) is 14.9. The fourth-order valence-electron chi connectivity index (χ4n) is 3.14. The maximum absolute atomic E-state index is 9.02. The van der Waals surface area contributed by atoms with E-state index in [0.29, 0.717) is 5.92 Å². The fourth-order valence-corrected chi connectivity index (χ4v) is 3.14. The number of hydrogen-bond acceptors (Lipinski definition) is 2. The van der Waals surface area contributed by atoms with Gasteiger partial charge in [0.1, 0.15) is 5.75 Å². The van der Waals surface area contributed by atoms with Crippen LogP contribution in [0.4, 0.5) is 0 Å². The van der Waals surface area contributed by atoms with Crippen molar-refractivity contribution < 1.29 is 9.84 Å². The molecule has 0 saturated heterocycles. The maximum atomic E-state index is 9.02. The van der Waals surface area contributed by atoms with Gasteiger partial charge in [-0.3, -0.25) is 0 Å². The quantitative estimate of drug-likeness (QED) is 0.688. The predicted molar refractivity (Wildman–Crippen MR) is 88.8 cm³/mol. The van der Waals surface area contributed by atoms with Gasteiger partial charge < -0.3 is 9.84 Å². The monoisotopic (exact) mass is 288 g/mol. The third kappa shape index (κ3) is 4.60. The molecule has 116 valence electrons. The molecule has 0 unspecified atom stereocenters. The first-order valence-corrected chi connectivity index (χ1v) is 8.40. The summed E-state index contributed by atoms with van der Waals surface area (Å²) in [5.41, 5.74) is 2.47. The number of ether oxygens (including phenoxy) is 1. The van der Waals surface area contributed by atoms with Crippen molar-refractivity contribution in [3.8, 4) is 5.75 Å². The number of benzene rings is 1. The standard InChI is InChI=1S/C19H28O2/c1-2-3-6-15-21-19-17(12-8-14-20)11-7-13-18(19)16-9-4-5-10-16/h7-8,11-13,16,20H,2-6,9-10,14-15H2,1H3/b12-8+. The summed E-state index contributed by atoms with van der Waals surface area (Å²) in [6, 6.07) is 6.42. The molecule has 0 bridgehead atoms. The maximum Gasteiger partial charge on any atom is 0.129 e. The van der Waals surface area contributed by atoms with Crippen molar-refractivity contribution in [3.05, 3.63) is 35.4 Å². The molecular formula is C19H28O2. The molecule has 0 atom stereocenters. The molecular weight excluding hydrogens is 260 g/mol. The summed E-state index contributed by atoms with van der Waals surface area (Å²) in [5, 5.41) is 9.02. The third-order valence-corrected chi connectivity index (χ3v) is 4.27. The van der Waals surface area contributed by atoms with Crippen LogP contribution >= 0.6 is 0 Å². The summed E-state index contributed by atoms with van der Waals surface area (Å²) in [5.74, 6) is 1.69. The van der Waals surface area contributed by atoms with Crippen molar-refractivity contribution in [3.63, 3.8) is 0 Å². The minimum Gasteiger partial charge on any atom is -0.493 e. The normalized spacial score (nSPS) is 15.9. The number of para-hydroxylation sites is 1. The van der Waals surface area contributed by atoms with Crippen molar-refractivity contribution >= 4 is 6.08 Å². The molecule has 21 heavy (non-hydrogen) atoms. The van der Waals surface area contributed by atoms with Crippen LogP contribution in [-0.2, 0) is 0 Å². The van der Waals surface area contributed by atoms with Gasteiger partial charge in [0, 0.05) is 5.56 Å². The third-order valence-electron chi connectivity index (χ3n) is 4.27. The number of hydrogen-bond donors (Lipinski definition) is 1. The Bertz CT molecular complexity index is 445. The number of aliphatic hydroxyl groups excluding tert-OH is 1. The molecule has 0 spiro atoms. The first-order chi connectivity index (χ1) is 10.4. The van der Waals surface area contributed by atoms with Crippen LogP contribution in [0.1, 0.15) is 68.9 Å². The summed E-state index contributed by atoms with van der Waals surface area (Å²) >= 11 is 0. The molecule has 1 saturated carbocycles. The Balaban J connectivity index is 2.18. The van der Waals surface area contributed by atoms with Gasteiger partial charge in [-0.1, -0.05) is 63.0 Å². The largest absolute Gasteiger partial charge is 0.493 e. The van der Waals surface area contributed by atoms with Crippen molar-refractivity contribution in [2.24, 2.45) is 0 Å². The minimum absolute atomic E-state index is 0.0724. The van der Waals surface area contributed by atoms with Crippen molar-refractivity contribution in [2.45, 2.75) is 57.8 Å². The molecule has 1 fully saturated rings. The first kappa shape index (κ1) is 16.1. The molecule has 1 N–H and O–H groups in total. The van der Waals surface area contributed by atoms with Crippen LogP contribution in [0.2, 0.25) is 0 Å². The summed E-state index contributed by atoms with van der Waals surface area (Å²) in [6.45, 7) is 3.07. The Labute approximate surface area is 128 Å². The van der Waals surface area contributed by atoms with Crippen molar-refractivity contribution in [1.82, 2.24) is 0 Å². The Morgan fingerprint density at radius 1 is 1.24 bits per heavy atom. The van der Waals surface area contributed by atoms with E-state index < -0.39 is 0 Å². The van der Waals surface area contributed by atoms with E-state index in [2.05, 4.69) is 25.1 Å². The molecule has 2 heteroatoms. The number of rotatable bonds is 8. The highest BCUT2D eigenvalue weighted by Gasteiger charge is 2.21. The summed E-state index contributed by atoms with van der Waals surface area (Å²) in [4.78, 5) is 0. The second-order valence-corrected chi connectivity index (χ2v) is 5.89. The van der Waals surface area contributed by atoms with Gasteiger partial charge in [0.15, 0.2) is 0 Å². The topological polar surface area (TPSA) is 29.5 Å². The fraction of sp³-hybridized carbons (Fsp3) is 0.579. The van der Waals surface area contributed by atoms with E-state index >= 15 is 0 Å². The van der Waals surface area contributed by atoms with Crippen LogP contribution in [0.3, 0.4) is 0 Å². The molecule has 0 amide bonds.